The molecule has 184 valence electrons. The molecule has 0 aliphatic carbocycles. The molecule has 34 heavy (non-hydrogen) atoms. The molecule has 1 amide bonds. The Kier molecular flexibility index (Phi) is 5.37. The van der Waals surface area contributed by atoms with Crippen molar-refractivity contribution in [1.29, 1.82) is 0 Å². The van der Waals surface area contributed by atoms with Gasteiger partial charge in [-0.2, -0.15) is 39.5 Å². The van der Waals surface area contributed by atoms with Gasteiger partial charge in [0.2, 0.25) is 0 Å². The number of ether oxygens (including phenoxy) is 1. The second-order valence-electron chi connectivity index (χ2n) is 8.34. The fourth-order valence-electron chi connectivity index (χ4n) is 4.67. The molecule has 12 heteroatoms. The van der Waals surface area contributed by atoms with Gasteiger partial charge in [-0.3, -0.25) is 0 Å². The summed E-state index contributed by atoms with van der Waals surface area (Å²) in [7, 11) is 0. The number of fused-ring (bicyclic) bond motifs is 1. The Labute approximate surface area is 187 Å². The van der Waals surface area contributed by atoms with E-state index in [1.807, 2.05) is 0 Å². The Morgan fingerprint density at radius 2 is 1.26 bits per heavy atom. The molecular formula is C22H16F9NO2. The molecule has 2 aliphatic rings. The normalized spacial score (nSPS) is 23.3. The van der Waals surface area contributed by atoms with Crippen LogP contribution in [0.4, 0.5) is 44.3 Å². The van der Waals surface area contributed by atoms with E-state index in [9.17, 15) is 44.3 Å². The van der Waals surface area contributed by atoms with Gasteiger partial charge in [-0.05, 0) is 50.1 Å². The fourth-order valence-corrected chi connectivity index (χ4v) is 4.67. The molecule has 0 N–H and O–H groups in total. The summed E-state index contributed by atoms with van der Waals surface area (Å²) in [6.45, 7) is 1.40. The molecule has 0 bridgehead atoms. The number of halogens is 9. The van der Waals surface area contributed by atoms with Gasteiger partial charge in [0.05, 0.1) is 22.7 Å². The van der Waals surface area contributed by atoms with Gasteiger partial charge in [0, 0.05) is 17.7 Å². The minimum absolute atomic E-state index is 0.0414. The third-order valence-electron chi connectivity index (χ3n) is 6.05. The highest BCUT2D eigenvalue weighted by atomic mass is 19.4. The fraction of sp³-hybridized carbons (Fsp3) is 0.409. The molecular weight excluding hydrogens is 481 g/mol. The monoisotopic (exact) mass is 497 g/mol. The van der Waals surface area contributed by atoms with Crippen LogP contribution < -0.4 is 0 Å². The van der Waals surface area contributed by atoms with Crippen LogP contribution in [0.1, 0.15) is 46.2 Å². The molecule has 0 saturated carbocycles. The average Bonchev–Trinajstić information content (AvgIpc) is 3.28. The van der Waals surface area contributed by atoms with Crippen molar-refractivity contribution in [3.05, 3.63) is 69.8 Å². The van der Waals surface area contributed by atoms with Crippen molar-refractivity contribution in [2.24, 2.45) is 0 Å². The average molecular weight is 497 g/mol. The summed E-state index contributed by atoms with van der Waals surface area (Å²) in [6, 6.07) is 2.20. The van der Waals surface area contributed by atoms with E-state index >= 15 is 0 Å². The van der Waals surface area contributed by atoms with Crippen molar-refractivity contribution in [3.8, 4) is 0 Å². The number of carbonyl (C=O) groups excluding carboxylic acids is 1. The first-order valence-electron chi connectivity index (χ1n) is 10.0. The SMILES string of the molecule is Cc1cc(C(F)(F)F)cc([C@@]2(c3cc(C(F)(F)F)cc(C(F)(F)F)c3)OC(=O)N3CCCC32)c1. The zero-order valence-electron chi connectivity index (χ0n) is 17.3. The van der Waals surface area contributed by atoms with Crippen LogP contribution in [0.2, 0.25) is 0 Å². The van der Waals surface area contributed by atoms with E-state index in [2.05, 4.69) is 0 Å². The van der Waals surface area contributed by atoms with E-state index in [4.69, 9.17) is 4.74 Å². The van der Waals surface area contributed by atoms with E-state index in [-0.39, 0.29) is 30.2 Å². The second kappa shape index (κ2) is 7.54. The van der Waals surface area contributed by atoms with E-state index in [1.165, 1.54) is 13.0 Å². The predicted molar refractivity (Wildman–Crippen MR) is 99.6 cm³/mol. The second-order valence-corrected chi connectivity index (χ2v) is 8.34. The maximum atomic E-state index is 13.5. The number of alkyl halides is 9. The topological polar surface area (TPSA) is 29.5 Å². The van der Waals surface area contributed by atoms with Gasteiger partial charge in [0.1, 0.15) is 0 Å². The highest BCUT2D eigenvalue weighted by molar-refractivity contribution is 5.74. The van der Waals surface area contributed by atoms with Crippen molar-refractivity contribution in [1.82, 2.24) is 4.90 Å². The van der Waals surface area contributed by atoms with Crippen LogP contribution in [0.25, 0.3) is 0 Å². The minimum Gasteiger partial charge on any atom is -0.431 e. The van der Waals surface area contributed by atoms with Crippen LogP contribution in [0.5, 0.6) is 0 Å². The van der Waals surface area contributed by atoms with E-state index < -0.39 is 58.5 Å². The Balaban J connectivity index is 2.07. The molecule has 2 aromatic rings. The third kappa shape index (κ3) is 3.96. The zero-order valence-corrected chi connectivity index (χ0v) is 17.3. The quantitative estimate of drug-likeness (QED) is 0.422. The number of aryl methyl sites for hydroxylation is 1. The third-order valence-corrected chi connectivity index (χ3v) is 6.05. The molecule has 2 aliphatic heterocycles. The lowest BCUT2D eigenvalue weighted by molar-refractivity contribution is -0.143. The lowest BCUT2D eigenvalue weighted by Gasteiger charge is -2.35. The van der Waals surface area contributed by atoms with E-state index in [0.29, 0.717) is 24.6 Å². The van der Waals surface area contributed by atoms with Crippen molar-refractivity contribution in [2.75, 3.05) is 6.54 Å². The number of cyclic esters (lactones) is 1. The van der Waals surface area contributed by atoms with Crippen LogP contribution in [0.3, 0.4) is 0 Å². The standard InChI is InChI=1S/C22H16F9NO2/c1-11-5-12(7-14(6-11)20(23,24)25)19(17-3-2-4-32(17)18(33)34-19)13-8-15(21(26,27)28)10-16(9-13)22(29,30)31/h5-10,17H,2-4H2,1H3/t17?,19-/m0/s1. The molecule has 2 fully saturated rings. The number of amides is 1. The lowest BCUT2D eigenvalue weighted by atomic mass is 9.77. The number of hydrogen-bond donors (Lipinski definition) is 0. The smallest absolute Gasteiger partial charge is 0.416 e. The number of carbonyl (C=O) groups is 1. The molecule has 2 saturated heterocycles. The largest absolute Gasteiger partial charge is 0.431 e. The summed E-state index contributed by atoms with van der Waals surface area (Å²) in [5.74, 6) is 0. The first-order chi connectivity index (χ1) is 15.5. The highest BCUT2D eigenvalue weighted by Crippen LogP contribution is 2.51. The molecule has 0 radical (unpaired) electrons. The first-order valence-corrected chi connectivity index (χ1v) is 10.0. The van der Waals surface area contributed by atoms with Gasteiger partial charge in [-0.15, -0.1) is 0 Å². The summed E-state index contributed by atoms with van der Waals surface area (Å²) in [5, 5.41) is 0. The summed E-state index contributed by atoms with van der Waals surface area (Å²) >= 11 is 0. The maximum absolute atomic E-state index is 13.5. The Morgan fingerprint density at radius 3 is 1.76 bits per heavy atom. The van der Waals surface area contributed by atoms with Crippen LogP contribution in [-0.2, 0) is 28.9 Å². The van der Waals surface area contributed by atoms with Gasteiger partial charge in [-0.1, -0.05) is 11.6 Å². The molecule has 2 atom stereocenters. The van der Waals surface area contributed by atoms with Crippen molar-refractivity contribution in [2.45, 2.75) is 49.9 Å². The molecule has 2 heterocycles. The van der Waals surface area contributed by atoms with Crippen LogP contribution >= 0.6 is 0 Å². The Hall–Kier alpha value is -2.92. The predicted octanol–water partition coefficient (Wildman–Crippen LogP) is 6.91. The molecule has 2 aromatic carbocycles. The van der Waals surface area contributed by atoms with Crippen molar-refractivity contribution >= 4 is 6.09 Å². The zero-order chi connectivity index (χ0) is 25.3. The summed E-state index contributed by atoms with van der Waals surface area (Å²) in [6.07, 6.45) is -15.8. The van der Waals surface area contributed by atoms with Gasteiger partial charge in [0.15, 0.2) is 5.60 Å². The Morgan fingerprint density at radius 1 is 0.794 bits per heavy atom. The Bertz CT molecular complexity index is 1100. The molecule has 0 spiro atoms. The molecule has 4 rings (SSSR count). The highest BCUT2D eigenvalue weighted by Gasteiger charge is 2.59. The van der Waals surface area contributed by atoms with E-state index in [0.717, 1.165) is 11.0 Å². The summed E-state index contributed by atoms with van der Waals surface area (Å²) < 4.78 is 127. The molecule has 0 aromatic heterocycles. The van der Waals surface area contributed by atoms with Crippen LogP contribution in [0.15, 0.2) is 36.4 Å². The summed E-state index contributed by atoms with van der Waals surface area (Å²) in [4.78, 5) is 13.7. The minimum atomic E-state index is -5.20. The number of benzene rings is 2. The van der Waals surface area contributed by atoms with Gasteiger partial charge >= 0.3 is 24.6 Å². The number of nitrogens with zero attached hydrogens (tertiary/aromatic N) is 1. The summed E-state index contributed by atoms with van der Waals surface area (Å²) in [5.41, 5.74) is -7.80. The maximum Gasteiger partial charge on any atom is 0.416 e. The van der Waals surface area contributed by atoms with Gasteiger partial charge < -0.3 is 9.64 Å². The van der Waals surface area contributed by atoms with Gasteiger partial charge in [0.25, 0.3) is 0 Å². The lowest BCUT2D eigenvalue weighted by Crippen LogP contribution is -2.41. The molecule has 1 unspecified atom stereocenters. The number of rotatable bonds is 2. The van der Waals surface area contributed by atoms with Crippen LogP contribution in [-0.4, -0.2) is 23.6 Å². The van der Waals surface area contributed by atoms with Crippen molar-refractivity contribution < 1.29 is 49.0 Å². The van der Waals surface area contributed by atoms with E-state index in [1.54, 1.807) is 0 Å². The first kappa shape index (κ1) is 24.2. The van der Waals surface area contributed by atoms with Gasteiger partial charge in [-0.25, -0.2) is 4.79 Å². The van der Waals surface area contributed by atoms with Crippen molar-refractivity contribution in [3.63, 3.8) is 0 Å². The molecule has 3 nitrogen and oxygen atoms in total. The van der Waals surface area contributed by atoms with Crippen LogP contribution in [0, 0.1) is 6.92 Å². The number of hydrogen-bond acceptors (Lipinski definition) is 2.